The van der Waals surface area contributed by atoms with Crippen LogP contribution in [0.4, 0.5) is 10.2 Å². The highest BCUT2D eigenvalue weighted by atomic mass is 19.1. The van der Waals surface area contributed by atoms with Crippen molar-refractivity contribution in [3.63, 3.8) is 0 Å². The maximum atomic E-state index is 14.8. The molecule has 1 aliphatic carbocycles. The van der Waals surface area contributed by atoms with Crippen molar-refractivity contribution in [3.05, 3.63) is 33.9 Å². The molecule has 0 unspecified atom stereocenters. The Bertz CT molecular complexity index is 991. The third-order valence-electron chi connectivity index (χ3n) is 5.65. The molecule has 0 bridgehead atoms. The lowest BCUT2D eigenvalue weighted by molar-refractivity contribution is 0.0695. The average Bonchev–Trinajstić information content (AvgIpc) is 3.29. The minimum Gasteiger partial charge on any atom is -0.477 e. The van der Waals surface area contributed by atoms with E-state index < -0.39 is 17.2 Å². The van der Waals surface area contributed by atoms with Crippen LogP contribution in [0.25, 0.3) is 11.0 Å². The maximum absolute atomic E-state index is 14.8. The summed E-state index contributed by atoms with van der Waals surface area (Å²) in [7, 11) is 0. The van der Waals surface area contributed by atoms with E-state index in [0.29, 0.717) is 18.7 Å². The Kier molecular flexibility index (Phi) is 3.99. The van der Waals surface area contributed by atoms with Gasteiger partial charge in [0.05, 0.1) is 5.39 Å². The van der Waals surface area contributed by atoms with Crippen LogP contribution in [0.15, 0.2) is 17.1 Å². The molecule has 2 aliphatic rings. The Morgan fingerprint density at radius 2 is 2.07 bits per heavy atom. The van der Waals surface area contributed by atoms with Crippen LogP contribution < -0.4 is 16.1 Å². The number of carboxylic acid groups (broad SMARTS) is 1. The molecule has 1 saturated carbocycles. The van der Waals surface area contributed by atoms with Gasteiger partial charge in [-0.2, -0.15) is 0 Å². The number of carboxylic acids is 1. The Morgan fingerprint density at radius 3 is 2.63 bits per heavy atom. The zero-order chi connectivity index (χ0) is 19.5. The fourth-order valence-corrected chi connectivity index (χ4v) is 3.80. The van der Waals surface area contributed by atoms with E-state index in [1.54, 1.807) is 4.57 Å². The van der Waals surface area contributed by atoms with E-state index >= 15 is 0 Å². The van der Waals surface area contributed by atoms with E-state index in [2.05, 4.69) is 4.98 Å². The fraction of sp³-hybridized carbons (Fsp3) is 0.526. The van der Waals surface area contributed by atoms with Crippen LogP contribution in [-0.2, 0) is 0 Å². The fourth-order valence-electron chi connectivity index (χ4n) is 3.80. The van der Waals surface area contributed by atoms with E-state index in [1.807, 2.05) is 18.7 Å². The van der Waals surface area contributed by atoms with Gasteiger partial charge in [-0.1, -0.05) is 0 Å². The minimum atomic E-state index is -1.31. The quantitative estimate of drug-likeness (QED) is 0.850. The van der Waals surface area contributed by atoms with Gasteiger partial charge in [-0.15, -0.1) is 0 Å². The summed E-state index contributed by atoms with van der Waals surface area (Å²) in [6, 6.07) is 1.23. The van der Waals surface area contributed by atoms with Crippen molar-refractivity contribution >= 4 is 22.8 Å². The van der Waals surface area contributed by atoms with Crippen LogP contribution in [0.3, 0.4) is 0 Å². The molecule has 1 aliphatic heterocycles. The zero-order valence-corrected chi connectivity index (χ0v) is 15.4. The molecule has 2 aromatic heterocycles. The number of halogens is 1. The van der Waals surface area contributed by atoms with Gasteiger partial charge in [0.15, 0.2) is 11.6 Å². The smallest absolute Gasteiger partial charge is 0.341 e. The summed E-state index contributed by atoms with van der Waals surface area (Å²) in [6.45, 7) is 5.16. The first kappa shape index (κ1) is 17.9. The predicted molar refractivity (Wildman–Crippen MR) is 99.8 cm³/mol. The van der Waals surface area contributed by atoms with Crippen LogP contribution in [0.5, 0.6) is 0 Å². The van der Waals surface area contributed by atoms with E-state index in [0.717, 1.165) is 25.3 Å². The number of aromatic carboxylic acids is 1. The minimum absolute atomic E-state index is 0.0120. The number of hydrogen-bond acceptors (Lipinski definition) is 5. The van der Waals surface area contributed by atoms with Crippen LogP contribution in [-0.4, -0.2) is 39.3 Å². The third kappa shape index (κ3) is 3.07. The monoisotopic (exact) mass is 374 g/mol. The van der Waals surface area contributed by atoms with Crippen LogP contribution >= 0.6 is 0 Å². The second kappa shape index (κ2) is 6.02. The molecule has 4 rings (SSSR count). The van der Waals surface area contributed by atoms with Crippen molar-refractivity contribution in [1.82, 2.24) is 9.55 Å². The molecule has 3 heterocycles. The Labute approximate surface area is 155 Å². The van der Waals surface area contributed by atoms with Crippen molar-refractivity contribution in [2.24, 2.45) is 11.7 Å². The highest BCUT2D eigenvalue weighted by Crippen LogP contribution is 2.37. The number of carbonyl (C=O) groups is 1. The molecule has 1 saturated heterocycles. The Balaban J connectivity index is 1.84. The first-order valence-corrected chi connectivity index (χ1v) is 9.19. The molecule has 7 nitrogen and oxygen atoms in total. The number of rotatable bonds is 4. The molecule has 3 N–H and O–H groups in total. The molecular formula is C19H23FN4O3. The summed E-state index contributed by atoms with van der Waals surface area (Å²) in [4.78, 5) is 30.2. The topological polar surface area (TPSA) is 101 Å². The lowest BCUT2D eigenvalue weighted by Crippen LogP contribution is -2.42. The van der Waals surface area contributed by atoms with Gasteiger partial charge in [-0.05, 0) is 45.1 Å². The molecule has 2 fully saturated rings. The summed E-state index contributed by atoms with van der Waals surface area (Å²) >= 11 is 0. The summed E-state index contributed by atoms with van der Waals surface area (Å²) in [5.74, 6) is -1.51. The van der Waals surface area contributed by atoms with Gasteiger partial charge in [0.2, 0.25) is 5.43 Å². The lowest BCUT2D eigenvalue weighted by Gasteiger charge is -2.27. The molecule has 0 spiro atoms. The second-order valence-corrected chi connectivity index (χ2v) is 8.23. The van der Waals surface area contributed by atoms with Crippen LogP contribution in [0.1, 0.15) is 49.5 Å². The van der Waals surface area contributed by atoms with E-state index in [-0.39, 0.29) is 34.3 Å². The van der Waals surface area contributed by atoms with Crippen LogP contribution in [0.2, 0.25) is 0 Å². The number of anilines is 1. The Morgan fingerprint density at radius 1 is 1.37 bits per heavy atom. The van der Waals surface area contributed by atoms with Gasteiger partial charge < -0.3 is 20.3 Å². The average molecular weight is 374 g/mol. The molecule has 27 heavy (non-hydrogen) atoms. The summed E-state index contributed by atoms with van der Waals surface area (Å²) < 4.78 is 16.5. The van der Waals surface area contributed by atoms with E-state index in [4.69, 9.17) is 5.73 Å². The van der Waals surface area contributed by atoms with Gasteiger partial charge in [0.25, 0.3) is 0 Å². The van der Waals surface area contributed by atoms with E-state index in [1.165, 1.54) is 6.20 Å². The van der Waals surface area contributed by atoms with Gasteiger partial charge in [0, 0.05) is 30.9 Å². The van der Waals surface area contributed by atoms with Gasteiger partial charge in [0.1, 0.15) is 11.2 Å². The van der Waals surface area contributed by atoms with Crippen molar-refractivity contribution in [3.8, 4) is 0 Å². The third-order valence-corrected chi connectivity index (χ3v) is 5.65. The van der Waals surface area contributed by atoms with Gasteiger partial charge in [-0.25, -0.2) is 14.2 Å². The molecule has 1 atom stereocenters. The number of pyridine rings is 2. The molecule has 0 radical (unpaired) electrons. The first-order chi connectivity index (χ1) is 12.7. The number of aromatic nitrogens is 2. The normalized spacial score (nSPS) is 20.4. The first-order valence-electron chi connectivity index (χ1n) is 9.19. The number of nitrogens with two attached hydrogens (primary N) is 1. The van der Waals surface area contributed by atoms with Gasteiger partial charge >= 0.3 is 5.97 Å². The number of nitrogens with zero attached hydrogens (tertiary/aromatic N) is 3. The van der Waals surface area contributed by atoms with Gasteiger partial charge in [-0.3, -0.25) is 4.79 Å². The molecular weight excluding hydrogens is 351 g/mol. The zero-order valence-electron chi connectivity index (χ0n) is 15.4. The molecule has 2 aromatic rings. The highest BCUT2D eigenvalue weighted by molar-refractivity contribution is 5.92. The number of hydrogen-bond donors (Lipinski definition) is 2. The van der Waals surface area contributed by atoms with Crippen molar-refractivity contribution in [2.75, 3.05) is 18.0 Å². The SMILES string of the molecule is CC(C)(N)[C@H]1CCN(c2nc3c(cc2F)c(=O)c(C(=O)O)cn3C2CC2)C1. The summed E-state index contributed by atoms with van der Waals surface area (Å²) in [6.07, 6.45) is 3.96. The number of fused-ring (bicyclic) bond motifs is 1. The molecule has 8 heteroatoms. The van der Waals surface area contributed by atoms with Crippen molar-refractivity contribution in [1.29, 1.82) is 0 Å². The molecule has 144 valence electrons. The lowest BCUT2D eigenvalue weighted by atomic mass is 9.88. The molecule has 0 aromatic carbocycles. The highest BCUT2D eigenvalue weighted by Gasteiger charge is 2.35. The van der Waals surface area contributed by atoms with E-state index in [9.17, 15) is 19.1 Å². The predicted octanol–water partition coefficient (Wildman–Crippen LogP) is 2.13. The van der Waals surface area contributed by atoms with Crippen molar-refractivity contribution < 1.29 is 14.3 Å². The van der Waals surface area contributed by atoms with Crippen molar-refractivity contribution in [2.45, 2.75) is 44.7 Å². The second-order valence-electron chi connectivity index (χ2n) is 8.23. The van der Waals surface area contributed by atoms with Crippen LogP contribution in [0, 0.1) is 11.7 Å². The maximum Gasteiger partial charge on any atom is 0.341 e. The Hall–Kier alpha value is -2.48. The molecule has 0 amide bonds. The summed E-state index contributed by atoms with van der Waals surface area (Å²) in [5, 5.41) is 9.32. The largest absolute Gasteiger partial charge is 0.477 e. The standard InChI is InChI=1S/C19H23FN4O3/c1-19(2,21)10-5-6-23(8-10)17-14(20)7-12-15(25)13(18(26)27)9-24(11-3-4-11)16(12)22-17/h7,9-11H,3-6,8,21H2,1-2H3,(H,26,27)/t10-/m0/s1. The summed E-state index contributed by atoms with van der Waals surface area (Å²) in [5.41, 5.74) is 5.13.